The fraction of sp³-hybridized carbons (Fsp3) is 0.833. The molecule has 0 heterocycles. The molecule has 0 spiro atoms. The van der Waals surface area contributed by atoms with E-state index in [1.54, 1.807) is 0 Å². The van der Waals surface area contributed by atoms with Gasteiger partial charge in [0.15, 0.2) is 0 Å². The van der Waals surface area contributed by atoms with Gasteiger partial charge in [0, 0.05) is 0 Å². The van der Waals surface area contributed by atoms with E-state index in [1.807, 2.05) is 27.7 Å². The molecule has 0 bridgehead atoms. The number of hydrogen-bond acceptors (Lipinski definition) is 3. The van der Waals surface area contributed by atoms with E-state index in [0.29, 0.717) is 6.42 Å². The first kappa shape index (κ1) is 15.9. The van der Waals surface area contributed by atoms with Crippen LogP contribution in [0.15, 0.2) is 0 Å². The number of carbonyl (C=O) groups is 2. The molecule has 1 amide bonds. The Morgan fingerprint density at radius 2 is 1.88 bits per heavy atom. The second kappa shape index (κ2) is 6.59. The van der Waals surface area contributed by atoms with Crippen LogP contribution < -0.4 is 11.1 Å². The second-order valence-corrected chi connectivity index (χ2v) is 5.39. The maximum Gasteiger partial charge on any atom is 0.326 e. The SMILES string of the molecule is CCCC[C@H](NC(=O)C(N)C(C)(C)C)C(=O)O. The third-order valence-corrected chi connectivity index (χ3v) is 2.68. The minimum atomic E-state index is -1.01. The summed E-state index contributed by atoms with van der Waals surface area (Å²) in [5.74, 6) is -1.41. The van der Waals surface area contributed by atoms with Gasteiger partial charge in [-0.2, -0.15) is 0 Å². The van der Waals surface area contributed by atoms with Crippen molar-refractivity contribution >= 4 is 11.9 Å². The fourth-order valence-electron chi connectivity index (χ4n) is 1.32. The van der Waals surface area contributed by atoms with Crippen LogP contribution in [-0.4, -0.2) is 29.1 Å². The molecule has 0 radical (unpaired) electrons. The number of carboxylic acids is 1. The van der Waals surface area contributed by atoms with Crippen molar-refractivity contribution in [3.05, 3.63) is 0 Å². The van der Waals surface area contributed by atoms with Gasteiger partial charge < -0.3 is 16.2 Å². The van der Waals surface area contributed by atoms with Gasteiger partial charge in [0.2, 0.25) is 5.91 Å². The molecule has 5 nitrogen and oxygen atoms in total. The van der Waals surface area contributed by atoms with Crippen LogP contribution in [0, 0.1) is 5.41 Å². The van der Waals surface area contributed by atoms with Gasteiger partial charge in [-0.1, -0.05) is 40.5 Å². The van der Waals surface area contributed by atoms with Gasteiger partial charge in [-0.05, 0) is 11.8 Å². The molecule has 0 aliphatic carbocycles. The molecule has 0 aliphatic rings. The Labute approximate surface area is 103 Å². The maximum absolute atomic E-state index is 11.8. The lowest BCUT2D eigenvalue weighted by Crippen LogP contribution is -2.53. The smallest absolute Gasteiger partial charge is 0.326 e. The van der Waals surface area contributed by atoms with Crippen molar-refractivity contribution in [2.75, 3.05) is 0 Å². The number of unbranched alkanes of at least 4 members (excludes halogenated alkanes) is 1. The zero-order valence-corrected chi connectivity index (χ0v) is 11.1. The summed E-state index contributed by atoms with van der Waals surface area (Å²) in [5, 5.41) is 11.5. The van der Waals surface area contributed by atoms with Crippen molar-refractivity contribution in [3.63, 3.8) is 0 Å². The molecule has 0 aromatic carbocycles. The van der Waals surface area contributed by atoms with Crippen LogP contribution in [0.3, 0.4) is 0 Å². The van der Waals surface area contributed by atoms with Crippen LogP contribution >= 0.6 is 0 Å². The van der Waals surface area contributed by atoms with E-state index >= 15 is 0 Å². The lowest BCUT2D eigenvalue weighted by molar-refractivity contribution is -0.142. The predicted octanol–water partition coefficient (Wildman–Crippen LogP) is 1.12. The number of carbonyl (C=O) groups excluding carboxylic acids is 1. The van der Waals surface area contributed by atoms with Gasteiger partial charge in [-0.15, -0.1) is 0 Å². The van der Waals surface area contributed by atoms with Crippen molar-refractivity contribution in [2.45, 2.75) is 59.0 Å². The van der Waals surface area contributed by atoms with E-state index in [2.05, 4.69) is 5.32 Å². The van der Waals surface area contributed by atoms with Gasteiger partial charge >= 0.3 is 5.97 Å². The number of rotatable bonds is 6. The minimum Gasteiger partial charge on any atom is -0.480 e. The lowest BCUT2D eigenvalue weighted by atomic mass is 9.86. The number of nitrogens with one attached hydrogen (secondary N) is 1. The molecule has 2 atom stereocenters. The molecule has 100 valence electrons. The standard InChI is InChI=1S/C12H24N2O3/c1-5-6-7-8(11(16)17)14-10(15)9(13)12(2,3)4/h8-9H,5-7,13H2,1-4H3,(H,14,15)(H,16,17)/t8-,9?/m0/s1. The van der Waals surface area contributed by atoms with E-state index in [9.17, 15) is 9.59 Å². The number of amides is 1. The third kappa shape index (κ3) is 5.68. The fourth-order valence-corrected chi connectivity index (χ4v) is 1.32. The molecule has 5 heteroatoms. The normalized spacial score (nSPS) is 15.1. The van der Waals surface area contributed by atoms with Gasteiger partial charge in [-0.25, -0.2) is 4.79 Å². The first-order valence-electron chi connectivity index (χ1n) is 5.99. The topological polar surface area (TPSA) is 92.4 Å². The van der Waals surface area contributed by atoms with Crippen molar-refractivity contribution < 1.29 is 14.7 Å². The highest BCUT2D eigenvalue weighted by Gasteiger charge is 2.30. The Kier molecular flexibility index (Phi) is 6.16. The number of aliphatic carboxylic acids is 1. The van der Waals surface area contributed by atoms with Crippen LogP contribution in [0.25, 0.3) is 0 Å². The molecule has 0 aliphatic heterocycles. The van der Waals surface area contributed by atoms with E-state index in [1.165, 1.54) is 0 Å². The second-order valence-electron chi connectivity index (χ2n) is 5.39. The van der Waals surface area contributed by atoms with E-state index in [-0.39, 0.29) is 5.41 Å². The Morgan fingerprint density at radius 3 is 2.24 bits per heavy atom. The van der Waals surface area contributed by atoms with Crippen molar-refractivity contribution in [1.29, 1.82) is 0 Å². The molecule has 0 aromatic rings. The number of hydrogen-bond donors (Lipinski definition) is 3. The minimum absolute atomic E-state index is 0.377. The quantitative estimate of drug-likeness (QED) is 0.652. The van der Waals surface area contributed by atoms with Crippen molar-refractivity contribution in [1.82, 2.24) is 5.32 Å². The molecule has 0 rings (SSSR count). The van der Waals surface area contributed by atoms with Crippen LogP contribution in [0.5, 0.6) is 0 Å². The highest BCUT2D eigenvalue weighted by molar-refractivity contribution is 5.87. The molecule has 0 saturated heterocycles. The third-order valence-electron chi connectivity index (χ3n) is 2.68. The van der Waals surface area contributed by atoms with Crippen LogP contribution in [0.4, 0.5) is 0 Å². The van der Waals surface area contributed by atoms with Crippen LogP contribution in [0.1, 0.15) is 47.0 Å². The highest BCUT2D eigenvalue weighted by atomic mass is 16.4. The molecule has 4 N–H and O–H groups in total. The monoisotopic (exact) mass is 244 g/mol. The van der Waals surface area contributed by atoms with Crippen molar-refractivity contribution in [2.24, 2.45) is 11.1 Å². The highest BCUT2D eigenvalue weighted by Crippen LogP contribution is 2.17. The molecular formula is C12H24N2O3. The summed E-state index contributed by atoms with van der Waals surface area (Å²) in [6, 6.07) is -1.54. The zero-order chi connectivity index (χ0) is 13.6. The summed E-state index contributed by atoms with van der Waals surface area (Å²) in [4.78, 5) is 22.7. The summed E-state index contributed by atoms with van der Waals surface area (Å²) in [6.45, 7) is 7.51. The Hall–Kier alpha value is -1.10. The van der Waals surface area contributed by atoms with E-state index in [4.69, 9.17) is 10.8 Å². The molecule has 0 fully saturated rings. The number of carboxylic acid groups (broad SMARTS) is 1. The summed E-state index contributed by atoms with van der Waals surface area (Å²) < 4.78 is 0. The van der Waals surface area contributed by atoms with Gasteiger partial charge in [0.1, 0.15) is 6.04 Å². The first-order chi connectivity index (χ1) is 7.70. The summed E-state index contributed by atoms with van der Waals surface area (Å²) >= 11 is 0. The molecular weight excluding hydrogens is 220 g/mol. The molecule has 1 unspecified atom stereocenters. The summed E-state index contributed by atoms with van der Waals surface area (Å²) in [7, 11) is 0. The van der Waals surface area contributed by atoms with E-state index in [0.717, 1.165) is 12.8 Å². The summed E-state index contributed by atoms with van der Waals surface area (Å²) in [6.07, 6.45) is 2.10. The first-order valence-corrected chi connectivity index (χ1v) is 5.99. The Bertz CT molecular complexity index is 271. The van der Waals surface area contributed by atoms with Gasteiger partial charge in [0.25, 0.3) is 0 Å². The van der Waals surface area contributed by atoms with Crippen LogP contribution in [-0.2, 0) is 9.59 Å². The lowest BCUT2D eigenvalue weighted by Gasteiger charge is -2.27. The number of nitrogens with two attached hydrogens (primary N) is 1. The average molecular weight is 244 g/mol. The molecule has 0 aromatic heterocycles. The summed E-state index contributed by atoms with van der Waals surface area (Å²) in [5.41, 5.74) is 5.39. The van der Waals surface area contributed by atoms with Gasteiger partial charge in [0.05, 0.1) is 6.04 Å². The predicted molar refractivity (Wildman–Crippen MR) is 66.5 cm³/mol. The molecule has 0 saturated carbocycles. The Balaban J connectivity index is 4.45. The van der Waals surface area contributed by atoms with E-state index < -0.39 is 24.0 Å². The maximum atomic E-state index is 11.8. The molecule has 17 heavy (non-hydrogen) atoms. The average Bonchev–Trinajstić information content (AvgIpc) is 2.20. The van der Waals surface area contributed by atoms with Gasteiger partial charge in [-0.3, -0.25) is 4.79 Å². The van der Waals surface area contributed by atoms with Crippen LogP contribution in [0.2, 0.25) is 0 Å². The Morgan fingerprint density at radius 1 is 1.35 bits per heavy atom. The zero-order valence-electron chi connectivity index (χ0n) is 11.1. The van der Waals surface area contributed by atoms with Crippen molar-refractivity contribution in [3.8, 4) is 0 Å². The largest absolute Gasteiger partial charge is 0.480 e.